The summed E-state index contributed by atoms with van der Waals surface area (Å²) in [6.45, 7) is 7.33. The van der Waals surface area contributed by atoms with E-state index in [-0.39, 0.29) is 52.9 Å². The van der Waals surface area contributed by atoms with Crippen molar-refractivity contribution in [2.24, 2.45) is 17.2 Å². The van der Waals surface area contributed by atoms with Crippen LogP contribution >= 0.6 is 0 Å². The van der Waals surface area contributed by atoms with E-state index in [1.165, 1.54) is 50.4 Å². The molecule has 17 heteroatoms. The fraction of sp³-hybridized carbons (Fsp3) is 0.320. The van der Waals surface area contributed by atoms with Crippen LogP contribution in [0.2, 0.25) is 0 Å². The van der Waals surface area contributed by atoms with Crippen LogP contribution in [0.25, 0.3) is 22.4 Å². The molecule has 0 fully saturated rings. The summed E-state index contributed by atoms with van der Waals surface area (Å²) in [4.78, 5) is 64.0. The normalized spacial score (nSPS) is 12.8. The van der Waals surface area contributed by atoms with Gasteiger partial charge in [0.2, 0.25) is 5.91 Å². The number of carbonyl (C=O) groups is 1. The number of halogens is 3. The molecule has 4 heterocycles. The summed E-state index contributed by atoms with van der Waals surface area (Å²) < 4.78 is 43.4. The first-order valence-electron chi connectivity index (χ1n) is 12.3. The van der Waals surface area contributed by atoms with Crippen molar-refractivity contribution in [1.29, 1.82) is 0 Å². The summed E-state index contributed by atoms with van der Waals surface area (Å²) in [5.41, 5.74) is -2.31. The number of aryl methyl sites for hydroxylation is 2. The minimum atomic E-state index is -4.61. The SMILES string of the molecule is C=N/C(C)=N\OCCn1c(=O)c2c(ncn2[C@@H](C)C(=O)Nc2cncc(-c3cnc(C)c(C(F)(F)F)c3)n2)n(C)c1=O. The lowest BCUT2D eigenvalue weighted by Gasteiger charge is -2.15. The summed E-state index contributed by atoms with van der Waals surface area (Å²) in [5, 5.41) is 6.22. The Labute approximate surface area is 235 Å². The van der Waals surface area contributed by atoms with Crippen molar-refractivity contribution in [2.45, 2.75) is 39.5 Å². The molecule has 4 aromatic heterocycles. The first-order valence-corrected chi connectivity index (χ1v) is 12.3. The van der Waals surface area contributed by atoms with Crippen molar-refractivity contribution >= 4 is 35.4 Å². The molecular weight excluding hydrogens is 561 g/mol. The number of nitrogens with zero attached hydrogens (tertiary/aromatic N) is 9. The van der Waals surface area contributed by atoms with Crippen LogP contribution in [0.1, 0.15) is 31.1 Å². The maximum Gasteiger partial charge on any atom is 0.418 e. The molecule has 0 aliphatic carbocycles. The number of anilines is 1. The molecule has 0 spiro atoms. The number of fused-ring (bicyclic) bond motifs is 1. The number of nitrogens with one attached hydrogen (secondary N) is 1. The minimum absolute atomic E-state index is 0.0163. The second-order valence-corrected chi connectivity index (χ2v) is 9.06. The Morgan fingerprint density at radius 1 is 1.21 bits per heavy atom. The lowest BCUT2D eigenvalue weighted by molar-refractivity contribution is -0.138. The number of amides is 1. The molecule has 0 unspecified atom stereocenters. The summed E-state index contributed by atoms with van der Waals surface area (Å²) in [7, 11) is 1.43. The van der Waals surface area contributed by atoms with Crippen molar-refractivity contribution in [3.05, 3.63) is 63.1 Å². The molecule has 0 saturated carbocycles. The van der Waals surface area contributed by atoms with E-state index in [0.717, 1.165) is 15.2 Å². The van der Waals surface area contributed by atoms with Gasteiger partial charge in [-0.1, -0.05) is 5.16 Å². The molecule has 0 aliphatic rings. The van der Waals surface area contributed by atoms with Gasteiger partial charge in [0, 0.05) is 24.5 Å². The molecule has 42 heavy (non-hydrogen) atoms. The second kappa shape index (κ2) is 11.7. The van der Waals surface area contributed by atoms with Crippen LogP contribution in [0.4, 0.5) is 19.0 Å². The highest BCUT2D eigenvalue weighted by Gasteiger charge is 2.33. The van der Waals surface area contributed by atoms with Gasteiger partial charge in [-0.3, -0.25) is 28.7 Å². The standard InChI is InChI=1S/C25H25F3N10O4/c1-13-17(25(26,27)28)8-16(9-31-13)18-10-30-11-19(33-18)34-22(39)14(2)38-12-32-21-20(38)23(40)37(24(41)36(21)5)6-7-42-35-15(3)29-4/h8-12,14H,4,6-7H2,1-3,5H3,(H,33,34,39)/b35-15-/t14-/m0/s1. The molecule has 220 valence electrons. The van der Waals surface area contributed by atoms with E-state index in [1.54, 1.807) is 6.92 Å². The van der Waals surface area contributed by atoms with Gasteiger partial charge >= 0.3 is 11.9 Å². The topological polar surface area (TPSA) is 164 Å². The van der Waals surface area contributed by atoms with Crippen LogP contribution < -0.4 is 16.6 Å². The maximum absolute atomic E-state index is 13.4. The number of aromatic nitrogens is 7. The monoisotopic (exact) mass is 586 g/mol. The number of amidine groups is 1. The number of hydrogen-bond donors (Lipinski definition) is 1. The average molecular weight is 587 g/mol. The van der Waals surface area contributed by atoms with Crippen LogP contribution in [0.5, 0.6) is 0 Å². The maximum atomic E-state index is 13.4. The first kappa shape index (κ1) is 29.8. The van der Waals surface area contributed by atoms with Gasteiger partial charge in [-0.15, -0.1) is 0 Å². The number of hydrogen-bond acceptors (Lipinski definition) is 9. The largest absolute Gasteiger partial charge is 0.418 e. The van der Waals surface area contributed by atoms with Gasteiger partial charge in [0.1, 0.15) is 12.6 Å². The summed E-state index contributed by atoms with van der Waals surface area (Å²) >= 11 is 0. The van der Waals surface area contributed by atoms with Crippen LogP contribution in [-0.4, -0.2) is 58.7 Å². The lowest BCUT2D eigenvalue weighted by Crippen LogP contribution is -2.41. The Kier molecular flexibility index (Phi) is 8.30. The van der Waals surface area contributed by atoms with Gasteiger partial charge < -0.3 is 14.7 Å². The molecule has 0 aliphatic heterocycles. The van der Waals surface area contributed by atoms with Crippen molar-refractivity contribution in [1.82, 2.24) is 33.6 Å². The number of carbonyl (C=O) groups excluding carboxylic acids is 1. The van der Waals surface area contributed by atoms with E-state index in [4.69, 9.17) is 4.84 Å². The summed E-state index contributed by atoms with van der Waals surface area (Å²) in [6, 6.07) is -0.123. The Hall–Kier alpha value is -5.22. The van der Waals surface area contributed by atoms with E-state index >= 15 is 0 Å². The van der Waals surface area contributed by atoms with Crippen molar-refractivity contribution in [3.63, 3.8) is 0 Å². The molecule has 0 aromatic carbocycles. The summed E-state index contributed by atoms with van der Waals surface area (Å²) in [5.74, 6) is -0.418. The molecule has 0 bridgehead atoms. The quantitative estimate of drug-likeness (QED) is 0.142. The highest BCUT2D eigenvalue weighted by Crippen LogP contribution is 2.33. The fourth-order valence-corrected chi connectivity index (χ4v) is 3.96. The predicted molar refractivity (Wildman–Crippen MR) is 146 cm³/mol. The predicted octanol–water partition coefficient (Wildman–Crippen LogP) is 2.33. The van der Waals surface area contributed by atoms with Gasteiger partial charge in [-0.2, -0.15) is 13.2 Å². The third kappa shape index (κ3) is 5.93. The lowest BCUT2D eigenvalue weighted by atomic mass is 10.1. The number of alkyl halides is 3. The summed E-state index contributed by atoms with van der Waals surface area (Å²) in [6.07, 6.45) is 0.321. The Morgan fingerprint density at radius 2 is 1.95 bits per heavy atom. The molecule has 4 aromatic rings. The number of aliphatic imine (C=N–C) groups is 1. The van der Waals surface area contributed by atoms with E-state index in [0.29, 0.717) is 0 Å². The molecule has 1 N–H and O–H groups in total. The van der Waals surface area contributed by atoms with Gasteiger partial charge in [0.25, 0.3) is 5.56 Å². The second-order valence-electron chi connectivity index (χ2n) is 9.06. The first-order chi connectivity index (χ1) is 19.8. The van der Waals surface area contributed by atoms with E-state index in [2.05, 4.69) is 42.1 Å². The highest BCUT2D eigenvalue weighted by atomic mass is 19.4. The zero-order valence-electron chi connectivity index (χ0n) is 22.9. The van der Waals surface area contributed by atoms with Crippen LogP contribution in [0.3, 0.4) is 0 Å². The van der Waals surface area contributed by atoms with Crippen LogP contribution in [0.15, 0.2) is 50.7 Å². The van der Waals surface area contributed by atoms with E-state index in [9.17, 15) is 27.6 Å². The Bertz CT molecular complexity index is 1820. The molecular formula is C25H25F3N10O4. The fourth-order valence-electron chi connectivity index (χ4n) is 3.96. The van der Waals surface area contributed by atoms with Gasteiger partial charge in [-0.25, -0.2) is 19.8 Å². The number of pyridine rings is 1. The van der Waals surface area contributed by atoms with Crippen molar-refractivity contribution in [3.8, 4) is 11.3 Å². The third-order valence-corrected chi connectivity index (χ3v) is 6.26. The Balaban J connectivity index is 1.61. The molecule has 14 nitrogen and oxygen atoms in total. The molecule has 1 amide bonds. The molecule has 0 saturated heterocycles. The smallest absolute Gasteiger partial charge is 0.392 e. The molecule has 4 rings (SSSR count). The van der Waals surface area contributed by atoms with Crippen LogP contribution in [0, 0.1) is 6.92 Å². The zero-order chi connectivity index (χ0) is 30.8. The van der Waals surface area contributed by atoms with Crippen molar-refractivity contribution < 1.29 is 22.8 Å². The Morgan fingerprint density at radius 3 is 2.64 bits per heavy atom. The van der Waals surface area contributed by atoms with E-state index in [1.807, 2.05) is 0 Å². The van der Waals surface area contributed by atoms with Gasteiger partial charge in [0.05, 0.1) is 36.5 Å². The van der Waals surface area contributed by atoms with Gasteiger partial charge in [-0.05, 0) is 33.6 Å². The number of oxime groups is 1. The zero-order valence-corrected chi connectivity index (χ0v) is 22.9. The van der Waals surface area contributed by atoms with Crippen molar-refractivity contribution in [2.75, 3.05) is 11.9 Å². The average Bonchev–Trinajstić information content (AvgIpc) is 3.40. The van der Waals surface area contributed by atoms with Crippen LogP contribution in [-0.2, 0) is 29.4 Å². The third-order valence-electron chi connectivity index (χ3n) is 6.26. The molecule has 0 radical (unpaired) electrons. The highest BCUT2D eigenvalue weighted by molar-refractivity contribution is 5.93. The van der Waals surface area contributed by atoms with Gasteiger partial charge in [0.15, 0.2) is 22.8 Å². The van der Waals surface area contributed by atoms with E-state index < -0.39 is 34.9 Å². The number of rotatable bonds is 8. The molecule has 1 atom stereocenters. The minimum Gasteiger partial charge on any atom is -0.392 e. The number of imidazole rings is 1.